The summed E-state index contributed by atoms with van der Waals surface area (Å²) in [4.78, 5) is 5.62. The van der Waals surface area contributed by atoms with Crippen LogP contribution in [0.5, 0.6) is 0 Å². The van der Waals surface area contributed by atoms with Crippen LogP contribution in [-0.4, -0.2) is 9.55 Å². The van der Waals surface area contributed by atoms with Crippen LogP contribution in [-0.2, 0) is 0 Å². The number of aromatic nitrogens is 2. The second kappa shape index (κ2) is 4.83. The minimum absolute atomic E-state index is 0.447. The Balaban J connectivity index is 2.32. The van der Waals surface area contributed by atoms with Crippen molar-refractivity contribution in [1.29, 1.82) is 0 Å². The molecular weight excluding hydrogens is 216 g/mol. The van der Waals surface area contributed by atoms with Crippen LogP contribution >= 0.6 is 11.3 Å². The van der Waals surface area contributed by atoms with E-state index in [2.05, 4.69) is 48.0 Å². The Morgan fingerprint density at radius 1 is 1.44 bits per heavy atom. The molecule has 0 saturated heterocycles. The molecule has 2 rings (SSSR count). The lowest BCUT2D eigenvalue weighted by Crippen LogP contribution is -2.11. The highest BCUT2D eigenvalue weighted by Gasteiger charge is 2.17. The molecule has 1 atom stereocenters. The average molecular weight is 234 g/mol. The molecule has 2 aromatic heterocycles. The summed E-state index contributed by atoms with van der Waals surface area (Å²) < 4.78 is 2.22. The minimum Gasteiger partial charge on any atom is -0.329 e. The first kappa shape index (κ1) is 11.4. The second-order valence-electron chi connectivity index (χ2n) is 4.62. The van der Waals surface area contributed by atoms with E-state index in [1.165, 1.54) is 10.4 Å². The van der Waals surface area contributed by atoms with E-state index < -0.39 is 0 Å². The number of nitrogens with zero attached hydrogens (tertiary/aromatic N) is 2. The molecule has 0 aliphatic rings. The van der Waals surface area contributed by atoms with Crippen molar-refractivity contribution in [3.05, 3.63) is 40.6 Å². The molecule has 1 unspecified atom stereocenters. The molecule has 16 heavy (non-hydrogen) atoms. The van der Waals surface area contributed by atoms with E-state index in [1.54, 1.807) is 0 Å². The third-order valence-corrected chi connectivity index (χ3v) is 3.90. The Kier molecular flexibility index (Phi) is 3.44. The van der Waals surface area contributed by atoms with Crippen LogP contribution in [0, 0.1) is 12.8 Å². The van der Waals surface area contributed by atoms with Crippen LogP contribution in [0.3, 0.4) is 0 Å². The van der Waals surface area contributed by atoms with E-state index in [0.717, 1.165) is 6.42 Å². The third kappa shape index (κ3) is 2.35. The molecular formula is C13H18N2S. The summed E-state index contributed by atoms with van der Waals surface area (Å²) in [7, 11) is 0. The lowest BCUT2D eigenvalue weighted by Gasteiger charge is -2.20. The lowest BCUT2D eigenvalue weighted by molar-refractivity contribution is 0.455. The van der Waals surface area contributed by atoms with E-state index >= 15 is 0 Å². The van der Waals surface area contributed by atoms with Gasteiger partial charge in [-0.05, 0) is 36.3 Å². The van der Waals surface area contributed by atoms with Gasteiger partial charge in [-0.2, -0.15) is 0 Å². The van der Waals surface area contributed by atoms with Crippen molar-refractivity contribution >= 4 is 11.3 Å². The van der Waals surface area contributed by atoms with Gasteiger partial charge in [-0.15, -0.1) is 11.3 Å². The zero-order valence-corrected chi connectivity index (χ0v) is 10.9. The lowest BCUT2D eigenvalue weighted by atomic mass is 10.0. The molecule has 0 radical (unpaired) electrons. The standard InChI is InChI=1S/C13H18N2S/c1-10(2)8-12(15-6-5-14-9-15)13-11(3)4-7-16-13/h4-7,9-10,12H,8H2,1-3H3. The molecule has 0 aromatic carbocycles. The van der Waals surface area contributed by atoms with Crippen molar-refractivity contribution in [2.24, 2.45) is 5.92 Å². The maximum Gasteiger partial charge on any atom is 0.0951 e. The highest BCUT2D eigenvalue weighted by Crippen LogP contribution is 2.31. The zero-order valence-electron chi connectivity index (χ0n) is 10.1. The minimum atomic E-state index is 0.447. The van der Waals surface area contributed by atoms with Crippen LogP contribution in [0.1, 0.15) is 36.8 Å². The molecule has 0 aliphatic carbocycles. The fourth-order valence-electron chi connectivity index (χ4n) is 1.99. The summed E-state index contributed by atoms with van der Waals surface area (Å²) in [6.07, 6.45) is 7.01. The summed E-state index contributed by atoms with van der Waals surface area (Å²) in [5.41, 5.74) is 1.39. The van der Waals surface area contributed by atoms with Crippen molar-refractivity contribution in [3.63, 3.8) is 0 Å². The van der Waals surface area contributed by atoms with Gasteiger partial charge in [-0.25, -0.2) is 4.98 Å². The molecule has 2 nitrogen and oxygen atoms in total. The number of imidazole rings is 1. The molecule has 0 amide bonds. The normalized spacial score (nSPS) is 13.2. The van der Waals surface area contributed by atoms with Gasteiger partial charge in [-0.1, -0.05) is 13.8 Å². The number of hydrogen-bond acceptors (Lipinski definition) is 2. The summed E-state index contributed by atoms with van der Waals surface area (Å²) in [6, 6.07) is 2.65. The summed E-state index contributed by atoms with van der Waals surface area (Å²) in [5.74, 6) is 0.689. The van der Waals surface area contributed by atoms with Crippen molar-refractivity contribution in [3.8, 4) is 0 Å². The highest BCUT2D eigenvalue weighted by molar-refractivity contribution is 7.10. The van der Waals surface area contributed by atoms with Gasteiger partial charge in [0.2, 0.25) is 0 Å². The van der Waals surface area contributed by atoms with Crippen molar-refractivity contribution in [1.82, 2.24) is 9.55 Å². The van der Waals surface area contributed by atoms with E-state index in [-0.39, 0.29) is 0 Å². The molecule has 0 N–H and O–H groups in total. The Morgan fingerprint density at radius 3 is 2.75 bits per heavy atom. The highest BCUT2D eigenvalue weighted by atomic mass is 32.1. The van der Waals surface area contributed by atoms with Gasteiger partial charge < -0.3 is 4.57 Å². The van der Waals surface area contributed by atoms with Gasteiger partial charge >= 0.3 is 0 Å². The Bertz CT molecular complexity index is 428. The van der Waals surface area contributed by atoms with Gasteiger partial charge in [0.1, 0.15) is 0 Å². The Morgan fingerprint density at radius 2 is 2.25 bits per heavy atom. The molecule has 0 bridgehead atoms. The van der Waals surface area contributed by atoms with Crippen LogP contribution in [0.25, 0.3) is 0 Å². The Hall–Kier alpha value is -1.09. The van der Waals surface area contributed by atoms with Crippen LogP contribution in [0.15, 0.2) is 30.2 Å². The van der Waals surface area contributed by atoms with Crippen LogP contribution in [0.2, 0.25) is 0 Å². The largest absolute Gasteiger partial charge is 0.329 e. The average Bonchev–Trinajstić information content (AvgIpc) is 2.84. The molecule has 3 heteroatoms. The van der Waals surface area contributed by atoms with Crippen molar-refractivity contribution in [2.45, 2.75) is 33.2 Å². The molecule has 0 saturated carbocycles. The third-order valence-electron chi connectivity index (χ3n) is 2.78. The van der Waals surface area contributed by atoms with Crippen LogP contribution in [0.4, 0.5) is 0 Å². The van der Waals surface area contributed by atoms with E-state index in [4.69, 9.17) is 0 Å². The Labute approximate surface area is 101 Å². The predicted molar refractivity (Wildman–Crippen MR) is 68.9 cm³/mol. The number of hydrogen-bond donors (Lipinski definition) is 0. The fraction of sp³-hybridized carbons (Fsp3) is 0.462. The van der Waals surface area contributed by atoms with E-state index in [9.17, 15) is 0 Å². The summed E-state index contributed by atoms with van der Waals surface area (Å²) >= 11 is 1.85. The van der Waals surface area contributed by atoms with Gasteiger partial charge in [0, 0.05) is 17.3 Å². The first-order valence-corrected chi connectivity index (χ1v) is 6.58. The molecule has 0 aliphatic heterocycles. The van der Waals surface area contributed by atoms with E-state index in [1.807, 2.05) is 23.9 Å². The zero-order chi connectivity index (χ0) is 11.5. The quantitative estimate of drug-likeness (QED) is 0.784. The maximum absolute atomic E-state index is 4.16. The molecule has 0 spiro atoms. The van der Waals surface area contributed by atoms with Crippen molar-refractivity contribution < 1.29 is 0 Å². The first-order chi connectivity index (χ1) is 7.68. The van der Waals surface area contributed by atoms with Gasteiger partial charge in [0.05, 0.1) is 12.4 Å². The smallest absolute Gasteiger partial charge is 0.0951 e. The number of thiophene rings is 1. The molecule has 2 aromatic rings. The van der Waals surface area contributed by atoms with Crippen molar-refractivity contribution in [2.75, 3.05) is 0 Å². The SMILES string of the molecule is Cc1ccsc1C(CC(C)C)n1ccnc1. The second-order valence-corrected chi connectivity index (χ2v) is 5.57. The maximum atomic E-state index is 4.16. The van der Waals surface area contributed by atoms with E-state index in [0.29, 0.717) is 12.0 Å². The number of aryl methyl sites for hydroxylation is 1. The van der Waals surface area contributed by atoms with Gasteiger partial charge in [-0.3, -0.25) is 0 Å². The van der Waals surface area contributed by atoms with Gasteiger partial charge in [0.25, 0.3) is 0 Å². The van der Waals surface area contributed by atoms with Gasteiger partial charge in [0.15, 0.2) is 0 Å². The summed E-state index contributed by atoms with van der Waals surface area (Å²) in [5, 5.41) is 2.18. The molecule has 2 heterocycles. The number of rotatable bonds is 4. The molecule has 86 valence electrons. The topological polar surface area (TPSA) is 17.8 Å². The predicted octanol–water partition coefficient (Wildman–Crippen LogP) is 3.89. The molecule has 0 fully saturated rings. The van der Waals surface area contributed by atoms with Crippen LogP contribution < -0.4 is 0 Å². The monoisotopic (exact) mass is 234 g/mol. The first-order valence-electron chi connectivity index (χ1n) is 5.70. The summed E-state index contributed by atoms with van der Waals surface area (Å²) in [6.45, 7) is 6.73. The fourth-order valence-corrected chi connectivity index (χ4v) is 3.04.